The van der Waals surface area contributed by atoms with Crippen molar-refractivity contribution in [2.24, 2.45) is 17.3 Å². The number of nitrogens with one attached hydrogen (secondary N) is 1. The van der Waals surface area contributed by atoms with Gasteiger partial charge in [0, 0.05) is 12.6 Å². The monoisotopic (exact) mass is 209 g/mol. The van der Waals surface area contributed by atoms with Crippen LogP contribution in [0.5, 0.6) is 0 Å². The van der Waals surface area contributed by atoms with E-state index in [1.165, 1.54) is 45.1 Å². The van der Waals surface area contributed by atoms with E-state index in [-0.39, 0.29) is 0 Å². The minimum absolute atomic E-state index is 0.726. The van der Waals surface area contributed by atoms with E-state index in [0.717, 1.165) is 23.3 Å². The average Bonchev–Trinajstić information content (AvgIpc) is 3.01. The van der Waals surface area contributed by atoms with Crippen molar-refractivity contribution in [1.82, 2.24) is 5.32 Å². The molecule has 2 aliphatic rings. The van der Waals surface area contributed by atoms with Crippen molar-refractivity contribution in [2.45, 2.75) is 65.3 Å². The molecule has 15 heavy (non-hydrogen) atoms. The number of hydrogen-bond acceptors (Lipinski definition) is 1. The van der Waals surface area contributed by atoms with Crippen molar-refractivity contribution in [3.63, 3.8) is 0 Å². The van der Waals surface area contributed by atoms with Crippen molar-refractivity contribution in [1.29, 1.82) is 0 Å². The third-order valence-corrected chi connectivity index (χ3v) is 4.32. The molecule has 2 fully saturated rings. The third-order valence-electron chi connectivity index (χ3n) is 4.32. The maximum Gasteiger partial charge on any atom is 0.00390 e. The van der Waals surface area contributed by atoms with Crippen LogP contribution >= 0.6 is 0 Å². The van der Waals surface area contributed by atoms with Gasteiger partial charge in [0.1, 0.15) is 0 Å². The van der Waals surface area contributed by atoms with E-state index in [2.05, 4.69) is 26.1 Å². The molecule has 0 heterocycles. The summed E-state index contributed by atoms with van der Waals surface area (Å²) in [6, 6.07) is 0.726. The molecule has 1 unspecified atom stereocenters. The lowest BCUT2D eigenvalue weighted by Gasteiger charge is -2.20. The fourth-order valence-electron chi connectivity index (χ4n) is 2.65. The van der Waals surface area contributed by atoms with Crippen LogP contribution in [0.25, 0.3) is 0 Å². The van der Waals surface area contributed by atoms with Gasteiger partial charge in [-0.1, -0.05) is 13.8 Å². The molecule has 0 radical (unpaired) electrons. The van der Waals surface area contributed by atoms with Crippen LogP contribution in [0.1, 0.15) is 59.3 Å². The highest BCUT2D eigenvalue weighted by molar-refractivity contribution is 5.05. The van der Waals surface area contributed by atoms with E-state index in [4.69, 9.17) is 0 Å². The minimum Gasteiger partial charge on any atom is -0.314 e. The van der Waals surface area contributed by atoms with Crippen LogP contribution in [-0.2, 0) is 0 Å². The summed E-state index contributed by atoms with van der Waals surface area (Å²) in [6.07, 6.45) is 8.75. The van der Waals surface area contributed by atoms with Crippen LogP contribution in [0.4, 0.5) is 0 Å². The lowest BCUT2D eigenvalue weighted by Crippen LogP contribution is -2.33. The van der Waals surface area contributed by atoms with Gasteiger partial charge in [-0.2, -0.15) is 0 Å². The first-order valence-electron chi connectivity index (χ1n) is 6.86. The zero-order valence-corrected chi connectivity index (χ0v) is 10.7. The van der Waals surface area contributed by atoms with Crippen molar-refractivity contribution in [3.05, 3.63) is 0 Å². The molecular formula is C14H27N. The van der Waals surface area contributed by atoms with Crippen LogP contribution in [-0.4, -0.2) is 12.6 Å². The van der Waals surface area contributed by atoms with Crippen molar-refractivity contribution >= 4 is 0 Å². The quantitative estimate of drug-likeness (QED) is 0.675. The van der Waals surface area contributed by atoms with E-state index in [1.54, 1.807) is 0 Å². The van der Waals surface area contributed by atoms with Crippen molar-refractivity contribution in [3.8, 4) is 0 Å². The Morgan fingerprint density at radius 1 is 1.13 bits per heavy atom. The summed E-state index contributed by atoms with van der Waals surface area (Å²) in [5, 5.41) is 3.76. The van der Waals surface area contributed by atoms with Crippen LogP contribution in [0.2, 0.25) is 0 Å². The van der Waals surface area contributed by atoms with E-state index >= 15 is 0 Å². The van der Waals surface area contributed by atoms with Crippen molar-refractivity contribution < 1.29 is 0 Å². The van der Waals surface area contributed by atoms with E-state index in [9.17, 15) is 0 Å². The SMILES string of the molecule is CC(C)CCC(C)NCC1(C2CC2)CC1. The first-order valence-corrected chi connectivity index (χ1v) is 6.86. The second kappa shape index (κ2) is 4.45. The van der Waals surface area contributed by atoms with Gasteiger partial charge in [0.15, 0.2) is 0 Å². The Morgan fingerprint density at radius 2 is 1.80 bits per heavy atom. The molecule has 0 saturated heterocycles. The summed E-state index contributed by atoms with van der Waals surface area (Å²) >= 11 is 0. The van der Waals surface area contributed by atoms with Gasteiger partial charge >= 0.3 is 0 Å². The predicted molar refractivity (Wildman–Crippen MR) is 65.9 cm³/mol. The van der Waals surface area contributed by atoms with Crippen LogP contribution in [0.3, 0.4) is 0 Å². The summed E-state index contributed by atoms with van der Waals surface area (Å²) in [6.45, 7) is 8.29. The Labute approximate surface area is 95.0 Å². The first kappa shape index (κ1) is 11.4. The van der Waals surface area contributed by atoms with Crippen LogP contribution in [0.15, 0.2) is 0 Å². The van der Waals surface area contributed by atoms with Gasteiger partial charge in [-0.25, -0.2) is 0 Å². The van der Waals surface area contributed by atoms with Gasteiger partial charge in [-0.3, -0.25) is 0 Å². The first-order chi connectivity index (χ1) is 7.12. The summed E-state index contributed by atoms with van der Waals surface area (Å²) in [5.41, 5.74) is 0.770. The van der Waals surface area contributed by atoms with Gasteiger partial charge in [0.2, 0.25) is 0 Å². The summed E-state index contributed by atoms with van der Waals surface area (Å²) in [7, 11) is 0. The Morgan fingerprint density at radius 3 is 2.27 bits per heavy atom. The zero-order valence-electron chi connectivity index (χ0n) is 10.7. The molecule has 2 saturated carbocycles. The maximum atomic E-state index is 3.76. The third kappa shape index (κ3) is 3.21. The molecule has 88 valence electrons. The molecule has 0 spiro atoms. The molecule has 0 aromatic carbocycles. The Balaban J connectivity index is 1.60. The molecule has 0 amide bonds. The Hall–Kier alpha value is -0.0400. The molecule has 0 aliphatic heterocycles. The molecule has 0 bridgehead atoms. The van der Waals surface area contributed by atoms with Crippen molar-refractivity contribution in [2.75, 3.05) is 6.54 Å². The molecule has 1 atom stereocenters. The summed E-state index contributed by atoms with van der Waals surface area (Å²) in [4.78, 5) is 0. The summed E-state index contributed by atoms with van der Waals surface area (Å²) in [5.74, 6) is 1.95. The summed E-state index contributed by atoms with van der Waals surface area (Å²) < 4.78 is 0. The molecule has 2 rings (SSSR count). The van der Waals surface area contributed by atoms with E-state index in [0.29, 0.717) is 0 Å². The molecule has 1 nitrogen and oxygen atoms in total. The van der Waals surface area contributed by atoms with E-state index in [1.807, 2.05) is 0 Å². The largest absolute Gasteiger partial charge is 0.314 e. The molecule has 1 heteroatoms. The van der Waals surface area contributed by atoms with Gasteiger partial charge < -0.3 is 5.32 Å². The second-order valence-corrected chi connectivity index (χ2v) is 6.39. The van der Waals surface area contributed by atoms with Gasteiger partial charge in [-0.05, 0) is 62.7 Å². The lowest BCUT2D eigenvalue weighted by atomic mass is 9.99. The lowest BCUT2D eigenvalue weighted by molar-refractivity contribution is 0.360. The normalized spacial score (nSPS) is 25.6. The molecule has 0 aromatic rings. The average molecular weight is 209 g/mol. The maximum absolute atomic E-state index is 3.76. The highest BCUT2D eigenvalue weighted by Gasteiger charge is 2.53. The Bertz CT molecular complexity index is 201. The minimum atomic E-state index is 0.726. The van der Waals surface area contributed by atoms with Gasteiger partial charge in [-0.15, -0.1) is 0 Å². The number of rotatable bonds is 7. The fraction of sp³-hybridized carbons (Fsp3) is 1.00. The molecule has 0 aromatic heterocycles. The second-order valence-electron chi connectivity index (χ2n) is 6.39. The topological polar surface area (TPSA) is 12.0 Å². The molecule has 1 N–H and O–H groups in total. The standard InChI is InChI=1S/C14H27N/c1-11(2)4-5-12(3)15-10-14(8-9-14)13-6-7-13/h11-13,15H,4-10H2,1-3H3. The smallest absolute Gasteiger partial charge is 0.00390 e. The van der Waals surface area contributed by atoms with Crippen LogP contribution in [0, 0.1) is 17.3 Å². The zero-order chi connectivity index (χ0) is 10.9. The highest BCUT2D eigenvalue weighted by Crippen LogP contribution is 2.60. The Kier molecular flexibility index (Phi) is 3.39. The van der Waals surface area contributed by atoms with Gasteiger partial charge in [0.05, 0.1) is 0 Å². The fourth-order valence-corrected chi connectivity index (χ4v) is 2.65. The van der Waals surface area contributed by atoms with Crippen LogP contribution < -0.4 is 5.32 Å². The number of hydrogen-bond donors (Lipinski definition) is 1. The highest BCUT2D eigenvalue weighted by atomic mass is 14.9. The predicted octanol–water partition coefficient (Wildman–Crippen LogP) is 3.59. The van der Waals surface area contributed by atoms with E-state index < -0.39 is 0 Å². The van der Waals surface area contributed by atoms with Gasteiger partial charge in [0.25, 0.3) is 0 Å². The molecule has 2 aliphatic carbocycles. The molecular weight excluding hydrogens is 182 g/mol.